The van der Waals surface area contributed by atoms with Crippen LogP contribution in [0.4, 0.5) is 24.5 Å². The van der Waals surface area contributed by atoms with Crippen molar-refractivity contribution in [2.24, 2.45) is 0 Å². The smallest absolute Gasteiger partial charge is 0.315 e. The largest absolute Gasteiger partial charge is 0.461 e. The van der Waals surface area contributed by atoms with Crippen molar-refractivity contribution in [1.82, 2.24) is 24.6 Å². The van der Waals surface area contributed by atoms with Gasteiger partial charge in [0.2, 0.25) is 0 Å². The minimum atomic E-state index is -3.21. The third kappa shape index (κ3) is 5.54. The molecule has 196 valence electrons. The molecule has 0 spiro atoms. The van der Waals surface area contributed by atoms with Gasteiger partial charge in [-0.25, -0.2) is 23.7 Å². The van der Waals surface area contributed by atoms with Gasteiger partial charge >= 0.3 is 6.43 Å². The Morgan fingerprint density at radius 3 is 2.19 bits per heavy atom. The summed E-state index contributed by atoms with van der Waals surface area (Å²) in [7, 11) is 0. The minimum absolute atomic E-state index is 0.0237. The summed E-state index contributed by atoms with van der Waals surface area (Å²) in [6, 6.07) is 4.27. The van der Waals surface area contributed by atoms with Gasteiger partial charge in [0, 0.05) is 31.2 Å². The lowest BCUT2D eigenvalue weighted by atomic mass is 10.2. The molecule has 12 nitrogen and oxygen atoms in total. The maximum Gasteiger partial charge on any atom is 0.315 e. The van der Waals surface area contributed by atoms with E-state index in [1.165, 1.54) is 33.9 Å². The Bertz CT molecular complexity index is 1370. The highest BCUT2D eigenvalue weighted by molar-refractivity contribution is 5.79. The molecular weight excluding hydrogens is 499 g/mol. The van der Waals surface area contributed by atoms with Crippen LogP contribution in [-0.2, 0) is 27.4 Å². The van der Waals surface area contributed by atoms with Crippen molar-refractivity contribution in [2.75, 3.05) is 36.4 Å². The van der Waals surface area contributed by atoms with Crippen molar-refractivity contribution in [3.05, 3.63) is 57.1 Å². The number of carbonyl (C=O) groups is 2. The van der Waals surface area contributed by atoms with Crippen LogP contribution in [0, 0.1) is 5.82 Å². The number of benzene rings is 1. The lowest BCUT2D eigenvalue weighted by molar-refractivity contribution is -0.136. The van der Waals surface area contributed by atoms with Crippen LogP contribution in [0.5, 0.6) is 0 Å². The first kappa shape index (κ1) is 25.7. The number of alkyl halides is 2. The van der Waals surface area contributed by atoms with Crippen molar-refractivity contribution in [1.29, 1.82) is 0 Å². The summed E-state index contributed by atoms with van der Waals surface area (Å²) in [4.78, 5) is 57.0. The Kier molecular flexibility index (Phi) is 7.69. The highest BCUT2D eigenvalue weighted by atomic mass is 19.3. The Morgan fingerprint density at radius 1 is 1.03 bits per heavy atom. The Balaban J connectivity index is 1.45. The number of aromatic nitrogens is 4. The van der Waals surface area contributed by atoms with E-state index in [2.05, 4.69) is 15.3 Å². The van der Waals surface area contributed by atoms with Gasteiger partial charge < -0.3 is 20.3 Å². The summed E-state index contributed by atoms with van der Waals surface area (Å²) < 4.78 is 47.0. The summed E-state index contributed by atoms with van der Waals surface area (Å²) in [5.41, 5.74) is -0.406. The van der Waals surface area contributed by atoms with E-state index in [-0.39, 0.29) is 62.5 Å². The van der Waals surface area contributed by atoms with Crippen LogP contribution < -0.4 is 26.7 Å². The molecule has 1 atom stereocenters. The quantitative estimate of drug-likeness (QED) is 0.371. The van der Waals surface area contributed by atoms with Crippen LogP contribution in [0.15, 0.2) is 40.2 Å². The van der Waals surface area contributed by atoms with Crippen LogP contribution in [-0.4, -0.2) is 70.4 Å². The number of carbonyl (C=O) groups excluding carboxylic acids is 2. The van der Waals surface area contributed by atoms with Crippen LogP contribution in [0.3, 0.4) is 0 Å². The zero-order valence-electron chi connectivity index (χ0n) is 19.3. The fourth-order valence-corrected chi connectivity index (χ4v) is 3.99. The predicted octanol–water partition coefficient (Wildman–Crippen LogP) is -0.0527. The molecule has 0 radical (unpaired) electrons. The summed E-state index contributed by atoms with van der Waals surface area (Å²) in [6.45, 7) is 0.407. The highest BCUT2D eigenvalue weighted by Crippen LogP contribution is 2.24. The molecule has 1 aliphatic heterocycles. The first-order valence-electron chi connectivity index (χ1n) is 11.2. The first-order valence-corrected chi connectivity index (χ1v) is 11.2. The first-order chi connectivity index (χ1) is 17.8. The molecule has 0 saturated heterocycles. The van der Waals surface area contributed by atoms with Gasteiger partial charge in [-0.1, -0.05) is 0 Å². The maximum absolute atomic E-state index is 15.0. The molecule has 37 heavy (non-hydrogen) atoms. The summed E-state index contributed by atoms with van der Waals surface area (Å²) in [5, 5.41) is 4.78. The summed E-state index contributed by atoms with van der Waals surface area (Å²) >= 11 is 0. The molecular formula is C22H22F3N7O5. The highest BCUT2D eigenvalue weighted by Gasteiger charge is 2.22. The van der Waals surface area contributed by atoms with E-state index in [1.807, 2.05) is 5.32 Å². The topological polar surface area (TPSA) is 140 Å². The molecule has 0 saturated carbocycles. The van der Waals surface area contributed by atoms with E-state index in [1.54, 1.807) is 11.0 Å². The molecule has 2 aromatic heterocycles. The van der Waals surface area contributed by atoms with Gasteiger partial charge in [-0.05, 0) is 18.2 Å². The number of nitrogens with one attached hydrogen (secondary N) is 2. The van der Waals surface area contributed by atoms with Crippen LogP contribution >= 0.6 is 0 Å². The number of hydrogen-bond acceptors (Lipinski definition) is 9. The van der Waals surface area contributed by atoms with Crippen LogP contribution in [0.25, 0.3) is 11.0 Å². The van der Waals surface area contributed by atoms with E-state index >= 15 is 4.39 Å². The van der Waals surface area contributed by atoms with Gasteiger partial charge in [-0.2, -0.15) is 8.78 Å². The molecule has 1 aliphatic rings. The van der Waals surface area contributed by atoms with E-state index in [0.29, 0.717) is 5.69 Å². The molecule has 3 heterocycles. The summed E-state index contributed by atoms with van der Waals surface area (Å²) in [5.74, 6) is -2.09. The van der Waals surface area contributed by atoms with Gasteiger partial charge in [-0.3, -0.25) is 19.2 Å². The lowest BCUT2D eigenvalue weighted by Crippen LogP contribution is -2.39. The van der Waals surface area contributed by atoms with Crippen molar-refractivity contribution in [3.63, 3.8) is 0 Å². The zero-order valence-corrected chi connectivity index (χ0v) is 19.3. The third-order valence-electron chi connectivity index (χ3n) is 5.80. The number of rotatable bonds is 9. The number of nitrogens with zero attached hydrogens (tertiary/aromatic N) is 5. The normalized spacial score (nSPS) is 14.1. The van der Waals surface area contributed by atoms with Crippen LogP contribution in [0.2, 0.25) is 0 Å². The molecule has 3 aromatic rings. The molecule has 0 fully saturated rings. The molecule has 15 heteroatoms. The molecule has 4 rings (SSSR count). The second-order valence-corrected chi connectivity index (χ2v) is 8.04. The Morgan fingerprint density at radius 2 is 1.65 bits per heavy atom. The summed E-state index contributed by atoms with van der Waals surface area (Å²) in [6.07, 6.45) is -1.51. The minimum Gasteiger partial charge on any atom is -0.461 e. The second-order valence-electron chi connectivity index (χ2n) is 8.04. The average Bonchev–Trinajstić information content (AvgIpc) is 3.12. The van der Waals surface area contributed by atoms with E-state index < -0.39 is 35.4 Å². The zero-order chi connectivity index (χ0) is 26.5. The van der Waals surface area contributed by atoms with Crippen LogP contribution in [0.1, 0.15) is 0 Å². The number of hydrogen-bond donors (Lipinski definition) is 2. The number of ether oxygens (including phenoxy) is 1. The van der Waals surface area contributed by atoms with E-state index in [0.717, 1.165) is 0 Å². The standard InChI is InChI=1S/C22H22F3N7O5/c23-15-9-13(28-10-14(37-12-33)11-29-20(34)19(24)25)1-2-16(15)30-5-7-31-21(35)17-18(27-4-3-26-17)22(36)32(31)8-6-30/h1-4,9,12,14,19,28H,5-8,10-11H2,(H,29,34)/t14-/m1/s1. The van der Waals surface area contributed by atoms with Gasteiger partial charge in [0.05, 0.1) is 31.9 Å². The number of amides is 1. The van der Waals surface area contributed by atoms with E-state index in [4.69, 9.17) is 4.74 Å². The third-order valence-corrected chi connectivity index (χ3v) is 5.80. The molecule has 0 aliphatic carbocycles. The number of halogens is 3. The van der Waals surface area contributed by atoms with Gasteiger partial charge in [0.15, 0.2) is 11.0 Å². The number of anilines is 2. The Labute approximate surface area is 206 Å². The van der Waals surface area contributed by atoms with Gasteiger partial charge in [0.25, 0.3) is 23.5 Å². The lowest BCUT2D eigenvalue weighted by Gasteiger charge is -2.23. The monoisotopic (exact) mass is 521 g/mol. The number of fused-ring (bicyclic) bond motifs is 2. The SMILES string of the molecule is O=CO[C@@H](CNC(=O)C(F)F)CNc1ccc(N2CCn3c(=O)c4nccnc4c(=O)n3CC2)c(F)c1. The van der Waals surface area contributed by atoms with Gasteiger partial charge in [-0.15, -0.1) is 0 Å². The van der Waals surface area contributed by atoms with Crippen molar-refractivity contribution >= 4 is 34.8 Å². The predicted molar refractivity (Wildman–Crippen MR) is 125 cm³/mol. The van der Waals surface area contributed by atoms with Gasteiger partial charge in [0.1, 0.15) is 11.9 Å². The maximum atomic E-state index is 15.0. The molecule has 2 N–H and O–H groups in total. The Hall–Kier alpha value is -4.43. The van der Waals surface area contributed by atoms with E-state index in [9.17, 15) is 28.0 Å². The molecule has 0 unspecified atom stereocenters. The molecule has 1 aromatic carbocycles. The average molecular weight is 521 g/mol. The fraction of sp³-hybridized carbons (Fsp3) is 0.364. The van der Waals surface area contributed by atoms with Crippen molar-refractivity contribution in [3.8, 4) is 0 Å². The van der Waals surface area contributed by atoms with Crippen molar-refractivity contribution < 1.29 is 27.5 Å². The van der Waals surface area contributed by atoms with Crippen molar-refractivity contribution in [2.45, 2.75) is 25.6 Å². The second kappa shape index (κ2) is 11.1. The fourth-order valence-electron chi connectivity index (χ4n) is 3.99. The molecule has 1 amide bonds. The molecule has 0 bridgehead atoms.